The molecule has 0 saturated heterocycles. The Morgan fingerprint density at radius 2 is 1.74 bits per heavy atom. The van der Waals surface area contributed by atoms with Crippen molar-refractivity contribution in [2.75, 3.05) is 0 Å². The van der Waals surface area contributed by atoms with Crippen LogP contribution in [0.5, 0.6) is 5.75 Å². The first-order chi connectivity index (χ1) is 14.8. The molecule has 0 atom stereocenters. The molecule has 0 aliphatic carbocycles. The van der Waals surface area contributed by atoms with Crippen molar-refractivity contribution >= 4 is 55.7 Å². The summed E-state index contributed by atoms with van der Waals surface area (Å²) in [6.45, 7) is 1.32. The zero-order valence-corrected chi connectivity index (χ0v) is 17.9. The number of para-hydroxylation sites is 1. The van der Waals surface area contributed by atoms with Crippen LogP contribution >= 0.6 is 11.8 Å². The zero-order chi connectivity index (χ0) is 22.0. The van der Waals surface area contributed by atoms with E-state index in [1.807, 2.05) is 24.3 Å². The van der Waals surface area contributed by atoms with Gasteiger partial charge in [0.15, 0.2) is 5.17 Å². The summed E-state index contributed by atoms with van der Waals surface area (Å²) in [5.74, 6) is -0.795. The lowest BCUT2D eigenvalue weighted by molar-refractivity contribution is -0.117. The third-order valence-electron chi connectivity index (χ3n) is 4.32. The Morgan fingerprint density at radius 3 is 2.52 bits per heavy atom. The van der Waals surface area contributed by atoms with Crippen LogP contribution in [0, 0.1) is 0 Å². The molecule has 156 valence electrons. The minimum atomic E-state index is -4.11. The lowest BCUT2D eigenvalue weighted by Crippen LogP contribution is -2.23. The SMILES string of the molecule is CC(=O)NC1=NC(=O)/C(=C/c2ccccc2OS(=O)(=O)c2ccc3ccccc3c2)S1. The summed E-state index contributed by atoms with van der Waals surface area (Å²) in [6.07, 6.45) is 1.48. The molecule has 3 aromatic rings. The highest BCUT2D eigenvalue weighted by Gasteiger charge is 2.24. The Hall–Kier alpha value is -3.43. The van der Waals surface area contributed by atoms with Gasteiger partial charge in [0.2, 0.25) is 5.91 Å². The van der Waals surface area contributed by atoms with Crippen LogP contribution in [0.1, 0.15) is 12.5 Å². The summed E-state index contributed by atoms with van der Waals surface area (Å²) in [5.41, 5.74) is 0.391. The average molecular weight is 453 g/mol. The van der Waals surface area contributed by atoms with Gasteiger partial charge in [0, 0.05) is 12.5 Å². The van der Waals surface area contributed by atoms with Gasteiger partial charge in [-0.15, -0.1) is 0 Å². The number of hydrogen-bond acceptors (Lipinski definition) is 6. The Kier molecular flexibility index (Phi) is 5.62. The molecule has 1 heterocycles. The molecule has 0 bridgehead atoms. The number of fused-ring (bicyclic) bond motifs is 1. The minimum Gasteiger partial charge on any atom is -0.378 e. The van der Waals surface area contributed by atoms with E-state index in [2.05, 4.69) is 10.3 Å². The van der Waals surface area contributed by atoms with Gasteiger partial charge in [-0.3, -0.25) is 9.59 Å². The van der Waals surface area contributed by atoms with E-state index < -0.39 is 16.0 Å². The summed E-state index contributed by atoms with van der Waals surface area (Å²) in [5, 5.41) is 4.33. The summed E-state index contributed by atoms with van der Waals surface area (Å²) in [6, 6.07) is 18.6. The highest BCUT2D eigenvalue weighted by Crippen LogP contribution is 2.31. The fourth-order valence-electron chi connectivity index (χ4n) is 2.92. The molecule has 3 aromatic carbocycles. The number of amides is 2. The van der Waals surface area contributed by atoms with Crippen LogP contribution in [0.2, 0.25) is 0 Å². The van der Waals surface area contributed by atoms with Gasteiger partial charge in [0.05, 0.1) is 4.91 Å². The predicted molar refractivity (Wildman–Crippen MR) is 120 cm³/mol. The summed E-state index contributed by atoms with van der Waals surface area (Å²) in [7, 11) is -4.11. The molecule has 0 aromatic heterocycles. The number of amidine groups is 1. The van der Waals surface area contributed by atoms with Crippen LogP contribution in [0.25, 0.3) is 16.8 Å². The van der Waals surface area contributed by atoms with Gasteiger partial charge in [-0.1, -0.05) is 48.5 Å². The van der Waals surface area contributed by atoms with E-state index >= 15 is 0 Å². The molecular formula is C22H16N2O5S2. The van der Waals surface area contributed by atoms with Crippen molar-refractivity contribution < 1.29 is 22.2 Å². The van der Waals surface area contributed by atoms with E-state index in [1.54, 1.807) is 30.3 Å². The number of hydrogen-bond donors (Lipinski definition) is 1. The second kappa shape index (κ2) is 8.37. The van der Waals surface area contributed by atoms with Crippen molar-refractivity contribution in [1.82, 2.24) is 5.32 Å². The van der Waals surface area contributed by atoms with E-state index in [0.717, 1.165) is 22.5 Å². The second-order valence-corrected chi connectivity index (χ2v) is 9.18. The third kappa shape index (κ3) is 4.68. The van der Waals surface area contributed by atoms with Gasteiger partial charge in [0.25, 0.3) is 5.91 Å². The maximum Gasteiger partial charge on any atom is 0.339 e. The molecule has 31 heavy (non-hydrogen) atoms. The first kappa shape index (κ1) is 20.8. The summed E-state index contributed by atoms with van der Waals surface area (Å²) < 4.78 is 31.2. The maximum atomic E-state index is 12.9. The molecule has 1 aliphatic heterocycles. The summed E-state index contributed by atoms with van der Waals surface area (Å²) in [4.78, 5) is 27.3. The van der Waals surface area contributed by atoms with Crippen molar-refractivity contribution in [3.63, 3.8) is 0 Å². The summed E-state index contributed by atoms with van der Waals surface area (Å²) >= 11 is 0.991. The number of nitrogens with one attached hydrogen (secondary N) is 1. The molecule has 0 fully saturated rings. The van der Waals surface area contributed by atoms with Crippen LogP contribution in [-0.2, 0) is 19.7 Å². The molecule has 9 heteroatoms. The number of carbonyl (C=O) groups excluding carboxylic acids is 2. The van der Waals surface area contributed by atoms with E-state index in [-0.39, 0.29) is 26.6 Å². The third-order valence-corrected chi connectivity index (χ3v) is 6.45. The largest absolute Gasteiger partial charge is 0.378 e. The van der Waals surface area contributed by atoms with Crippen molar-refractivity contribution in [3.05, 3.63) is 77.2 Å². The van der Waals surface area contributed by atoms with Crippen molar-refractivity contribution in [3.8, 4) is 5.75 Å². The molecule has 0 spiro atoms. The molecule has 1 N–H and O–H groups in total. The smallest absolute Gasteiger partial charge is 0.339 e. The second-order valence-electron chi connectivity index (χ2n) is 6.60. The van der Waals surface area contributed by atoms with Gasteiger partial charge in [-0.05, 0) is 46.8 Å². The van der Waals surface area contributed by atoms with Gasteiger partial charge in [-0.25, -0.2) is 0 Å². The van der Waals surface area contributed by atoms with Crippen LogP contribution < -0.4 is 9.50 Å². The predicted octanol–water partition coefficient (Wildman–Crippen LogP) is 3.71. The quantitative estimate of drug-likeness (QED) is 0.478. The number of rotatable bonds is 4. The van der Waals surface area contributed by atoms with Crippen molar-refractivity contribution in [2.45, 2.75) is 11.8 Å². The van der Waals surface area contributed by atoms with Gasteiger partial charge in [0.1, 0.15) is 10.6 Å². The van der Waals surface area contributed by atoms with Gasteiger partial charge in [-0.2, -0.15) is 13.4 Å². The standard InChI is InChI=1S/C22H16N2O5S2/c1-14(25)23-22-24-21(26)20(30-22)13-17-8-4-5-9-19(17)29-31(27,28)18-11-10-15-6-2-3-7-16(15)12-18/h2-13H,1H3,(H,23,24,25,26)/b20-13-. The molecule has 0 saturated carbocycles. The lowest BCUT2D eigenvalue weighted by atomic mass is 10.1. The van der Waals surface area contributed by atoms with Crippen molar-refractivity contribution in [2.24, 2.45) is 4.99 Å². The van der Waals surface area contributed by atoms with Gasteiger partial charge < -0.3 is 9.50 Å². The van der Waals surface area contributed by atoms with Crippen LogP contribution in [-0.4, -0.2) is 25.4 Å². The number of thioether (sulfide) groups is 1. The monoisotopic (exact) mass is 452 g/mol. The number of benzene rings is 3. The zero-order valence-electron chi connectivity index (χ0n) is 16.2. The lowest BCUT2D eigenvalue weighted by Gasteiger charge is -2.10. The van der Waals surface area contributed by atoms with Crippen LogP contribution in [0.4, 0.5) is 0 Å². The van der Waals surface area contributed by atoms with E-state index in [1.165, 1.54) is 25.1 Å². The highest BCUT2D eigenvalue weighted by molar-refractivity contribution is 8.18. The molecule has 4 rings (SSSR count). The molecule has 2 amide bonds. The van der Waals surface area contributed by atoms with Crippen molar-refractivity contribution in [1.29, 1.82) is 0 Å². The number of nitrogens with zero attached hydrogens (tertiary/aromatic N) is 1. The normalized spacial score (nSPS) is 15.2. The Bertz CT molecular complexity index is 1380. The topological polar surface area (TPSA) is 102 Å². The van der Waals surface area contributed by atoms with Crippen LogP contribution in [0.3, 0.4) is 0 Å². The molecular weight excluding hydrogens is 436 g/mol. The number of carbonyl (C=O) groups is 2. The maximum absolute atomic E-state index is 12.9. The Morgan fingerprint density at radius 1 is 1.03 bits per heavy atom. The fraction of sp³-hybridized carbons (Fsp3) is 0.0455. The van der Waals surface area contributed by atoms with E-state index in [9.17, 15) is 18.0 Å². The average Bonchev–Trinajstić information content (AvgIpc) is 3.06. The van der Waals surface area contributed by atoms with E-state index in [0.29, 0.717) is 5.56 Å². The Balaban J connectivity index is 1.63. The molecule has 1 aliphatic rings. The first-order valence-corrected chi connectivity index (χ1v) is 11.4. The molecule has 7 nitrogen and oxygen atoms in total. The number of aliphatic imine (C=N–C) groups is 1. The first-order valence-electron chi connectivity index (χ1n) is 9.14. The Labute approximate surface area is 183 Å². The highest BCUT2D eigenvalue weighted by atomic mass is 32.2. The fourth-order valence-corrected chi connectivity index (χ4v) is 4.76. The van der Waals surface area contributed by atoms with Crippen LogP contribution in [0.15, 0.2) is 81.5 Å². The van der Waals surface area contributed by atoms with Gasteiger partial charge >= 0.3 is 10.1 Å². The molecule has 0 unspecified atom stereocenters. The molecule has 0 radical (unpaired) electrons. The van der Waals surface area contributed by atoms with E-state index in [4.69, 9.17) is 4.18 Å². The minimum absolute atomic E-state index is 0.0243.